The molecular formula is C14H21ClN2O4. The molecule has 0 bridgehead atoms. The summed E-state index contributed by atoms with van der Waals surface area (Å²) in [6.07, 6.45) is 1.31. The highest BCUT2D eigenvalue weighted by Crippen LogP contribution is 2.13. The molecule has 0 heterocycles. The summed E-state index contributed by atoms with van der Waals surface area (Å²) in [5.41, 5.74) is 7.12. The van der Waals surface area contributed by atoms with Crippen LogP contribution in [0.5, 0.6) is 0 Å². The summed E-state index contributed by atoms with van der Waals surface area (Å²) >= 11 is 0. The van der Waals surface area contributed by atoms with Gasteiger partial charge >= 0.3 is 11.9 Å². The number of esters is 1. The summed E-state index contributed by atoms with van der Waals surface area (Å²) in [4.78, 5) is 26.7. The Morgan fingerprint density at radius 3 is 2.57 bits per heavy atom. The van der Waals surface area contributed by atoms with E-state index in [-0.39, 0.29) is 37.3 Å². The third-order valence-corrected chi connectivity index (χ3v) is 2.98. The first-order chi connectivity index (χ1) is 9.54. The molecule has 1 rings (SSSR count). The molecule has 0 amide bonds. The highest BCUT2D eigenvalue weighted by atomic mass is 35.5. The number of halogens is 1. The summed E-state index contributed by atoms with van der Waals surface area (Å²) in [6, 6.07) is 7.21. The summed E-state index contributed by atoms with van der Waals surface area (Å²) in [6.45, 7) is 1.86. The quantitative estimate of drug-likeness (QED) is 0.452. The van der Waals surface area contributed by atoms with E-state index in [2.05, 4.69) is 4.84 Å². The fraction of sp³-hybridized carbons (Fsp3) is 0.429. The van der Waals surface area contributed by atoms with Crippen molar-refractivity contribution < 1.29 is 19.2 Å². The van der Waals surface area contributed by atoms with Crippen LogP contribution in [-0.2, 0) is 25.8 Å². The van der Waals surface area contributed by atoms with Gasteiger partial charge in [0.25, 0.3) is 0 Å². The van der Waals surface area contributed by atoms with E-state index < -0.39 is 5.97 Å². The number of ether oxygens (including phenoxy) is 1. The van der Waals surface area contributed by atoms with Crippen molar-refractivity contribution in [1.29, 1.82) is 0 Å². The van der Waals surface area contributed by atoms with Gasteiger partial charge in [0.15, 0.2) is 0 Å². The zero-order valence-electron chi connectivity index (χ0n) is 11.9. The maximum absolute atomic E-state index is 11.5. The molecule has 1 atom stereocenters. The molecule has 0 aliphatic rings. The van der Waals surface area contributed by atoms with Crippen LogP contribution in [0, 0.1) is 5.92 Å². The topological polar surface area (TPSA) is 105 Å². The van der Waals surface area contributed by atoms with Crippen LogP contribution < -0.4 is 11.6 Å². The van der Waals surface area contributed by atoms with Crippen LogP contribution in [0.25, 0.3) is 0 Å². The highest BCUT2D eigenvalue weighted by Gasteiger charge is 2.14. The van der Waals surface area contributed by atoms with Gasteiger partial charge in [0.1, 0.15) is 6.61 Å². The van der Waals surface area contributed by atoms with Crippen molar-refractivity contribution in [3.63, 3.8) is 0 Å². The van der Waals surface area contributed by atoms with Gasteiger partial charge in [-0.3, -0.25) is 9.59 Å². The maximum atomic E-state index is 11.5. The van der Waals surface area contributed by atoms with Crippen molar-refractivity contribution in [2.45, 2.75) is 32.8 Å². The van der Waals surface area contributed by atoms with E-state index in [1.165, 1.54) is 0 Å². The van der Waals surface area contributed by atoms with E-state index in [0.29, 0.717) is 18.5 Å². The number of anilines is 1. The number of carbonyl (C=O) groups is 2. The van der Waals surface area contributed by atoms with Crippen LogP contribution in [0.3, 0.4) is 0 Å². The lowest BCUT2D eigenvalue weighted by atomic mass is 10.0. The number of nitrogen functional groups attached to an aromatic ring is 1. The molecule has 0 spiro atoms. The standard InChI is InChI=1S/C14H20N2O4.ClH/c1-10(14(18)20-16)5-4-8-13(17)19-9-11-6-2-3-7-12(11)15;/h2-3,6-7,10H,4-5,8-9,15-16H2,1H3;1H/t10-;/m0./s1. The first-order valence-electron chi connectivity index (χ1n) is 6.44. The molecule has 0 fully saturated rings. The smallest absolute Gasteiger partial charge is 0.327 e. The second-order valence-electron chi connectivity index (χ2n) is 4.59. The molecule has 0 aromatic heterocycles. The van der Waals surface area contributed by atoms with Crippen LogP contribution in [0.2, 0.25) is 0 Å². The van der Waals surface area contributed by atoms with E-state index in [1.54, 1.807) is 13.0 Å². The average molecular weight is 317 g/mol. The summed E-state index contributed by atoms with van der Waals surface area (Å²) in [5.74, 6) is 3.66. The molecule has 7 heteroatoms. The van der Waals surface area contributed by atoms with Gasteiger partial charge in [-0.1, -0.05) is 25.1 Å². The molecule has 1 aromatic carbocycles. The fourth-order valence-corrected chi connectivity index (χ4v) is 1.68. The van der Waals surface area contributed by atoms with Crippen molar-refractivity contribution >= 4 is 30.0 Å². The molecule has 0 saturated carbocycles. The van der Waals surface area contributed by atoms with E-state index in [1.807, 2.05) is 18.2 Å². The second kappa shape index (κ2) is 10.0. The Balaban J connectivity index is 0.00000400. The highest BCUT2D eigenvalue weighted by molar-refractivity contribution is 5.85. The van der Waals surface area contributed by atoms with Crippen molar-refractivity contribution in [3.05, 3.63) is 29.8 Å². The van der Waals surface area contributed by atoms with Gasteiger partial charge in [0, 0.05) is 17.7 Å². The molecule has 0 aliphatic carbocycles. The molecular weight excluding hydrogens is 296 g/mol. The number of para-hydroxylation sites is 1. The van der Waals surface area contributed by atoms with Gasteiger partial charge in [-0.2, -0.15) is 5.90 Å². The molecule has 6 nitrogen and oxygen atoms in total. The monoisotopic (exact) mass is 316 g/mol. The Labute approximate surface area is 130 Å². The number of carbonyl (C=O) groups excluding carboxylic acids is 2. The molecule has 21 heavy (non-hydrogen) atoms. The van der Waals surface area contributed by atoms with Crippen LogP contribution >= 0.6 is 12.4 Å². The van der Waals surface area contributed by atoms with Crippen LogP contribution in [0.4, 0.5) is 5.69 Å². The van der Waals surface area contributed by atoms with Gasteiger partial charge in [-0.25, -0.2) is 0 Å². The minimum Gasteiger partial charge on any atom is -0.461 e. The molecule has 4 N–H and O–H groups in total. The number of benzene rings is 1. The van der Waals surface area contributed by atoms with E-state index in [4.69, 9.17) is 16.4 Å². The first kappa shape index (κ1) is 19.2. The summed E-state index contributed by atoms with van der Waals surface area (Å²) < 4.78 is 5.12. The predicted molar refractivity (Wildman–Crippen MR) is 81.2 cm³/mol. The average Bonchev–Trinajstić information content (AvgIpc) is 2.45. The number of hydrogen-bond acceptors (Lipinski definition) is 6. The fourth-order valence-electron chi connectivity index (χ4n) is 1.68. The second-order valence-corrected chi connectivity index (χ2v) is 4.59. The maximum Gasteiger partial charge on any atom is 0.327 e. The van der Waals surface area contributed by atoms with Crippen molar-refractivity contribution in [2.75, 3.05) is 5.73 Å². The van der Waals surface area contributed by atoms with E-state index in [9.17, 15) is 9.59 Å². The normalized spacial score (nSPS) is 11.1. The van der Waals surface area contributed by atoms with E-state index in [0.717, 1.165) is 5.56 Å². The van der Waals surface area contributed by atoms with Gasteiger partial charge in [-0.15, -0.1) is 12.4 Å². The van der Waals surface area contributed by atoms with Gasteiger partial charge < -0.3 is 15.3 Å². The lowest BCUT2D eigenvalue weighted by Gasteiger charge is -2.09. The van der Waals surface area contributed by atoms with Crippen molar-refractivity contribution in [1.82, 2.24) is 0 Å². The molecule has 0 saturated heterocycles. The Hall–Kier alpha value is -1.79. The number of rotatable bonds is 7. The first-order valence-corrected chi connectivity index (χ1v) is 6.44. The Morgan fingerprint density at radius 2 is 1.95 bits per heavy atom. The zero-order valence-corrected chi connectivity index (χ0v) is 12.7. The molecule has 0 unspecified atom stereocenters. The minimum atomic E-state index is -0.476. The SMILES string of the molecule is C[C@@H](CCCC(=O)OCc1ccccc1N)C(=O)ON.Cl. The zero-order chi connectivity index (χ0) is 15.0. The lowest BCUT2D eigenvalue weighted by molar-refractivity contribution is -0.150. The largest absolute Gasteiger partial charge is 0.461 e. The number of nitrogens with two attached hydrogens (primary N) is 2. The van der Waals surface area contributed by atoms with Crippen molar-refractivity contribution in [2.24, 2.45) is 11.8 Å². The lowest BCUT2D eigenvalue weighted by Crippen LogP contribution is -2.18. The molecule has 0 aliphatic heterocycles. The number of hydrogen-bond donors (Lipinski definition) is 2. The van der Waals surface area contributed by atoms with Crippen LogP contribution in [0.15, 0.2) is 24.3 Å². The van der Waals surface area contributed by atoms with Gasteiger partial charge in [0.2, 0.25) is 0 Å². The van der Waals surface area contributed by atoms with Gasteiger partial charge in [-0.05, 0) is 18.9 Å². The summed E-state index contributed by atoms with van der Waals surface area (Å²) in [5, 5.41) is 0. The van der Waals surface area contributed by atoms with Gasteiger partial charge in [0.05, 0.1) is 5.92 Å². The molecule has 118 valence electrons. The third kappa shape index (κ3) is 6.97. The molecule has 0 radical (unpaired) electrons. The minimum absolute atomic E-state index is 0. The molecule has 1 aromatic rings. The Bertz CT molecular complexity index is 468. The van der Waals surface area contributed by atoms with Crippen molar-refractivity contribution in [3.8, 4) is 0 Å². The Kier molecular flexibility index (Phi) is 9.16. The van der Waals surface area contributed by atoms with Crippen LogP contribution in [0.1, 0.15) is 31.7 Å². The Morgan fingerprint density at radius 1 is 1.29 bits per heavy atom. The predicted octanol–water partition coefficient (Wildman–Crippen LogP) is 1.96. The van der Waals surface area contributed by atoms with Crippen LogP contribution in [-0.4, -0.2) is 11.9 Å². The third-order valence-electron chi connectivity index (χ3n) is 2.98. The summed E-state index contributed by atoms with van der Waals surface area (Å²) in [7, 11) is 0. The van der Waals surface area contributed by atoms with E-state index >= 15 is 0 Å².